The van der Waals surface area contributed by atoms with Crippen molar-refractivity contribution >= 4 is 11.6 Å². The molecule has 3 rings (SSSR count). The number of methoxy groups -OCH3 is 1. The van der Waals surface area contributed by atoms with Crippen LogP contribution < -0.4 is 10.1 Å². The third-order valence-corrected chi connectivity index (χ3v) is 4.12. The molecule has 9 heteroatoms. The van der Waals surface area contributed by atoms with E-state index >= 15 is 0 Å². The van der Waals surface area contributed by atoms with Crippen molar-refractivity contribution in [3.05, 3.63) is 23.5 Å². The number of hydrogen-bond donors (Lipinski definition) is 2. The van der Waals surface area contributed by atoms with Gasteiger partial charge < -0.3 is 19.9 Å². The number of imidazole rings is 1. The summed E-state index contributed by atoms with van der Waals surface area (Å²) in [7, 11) is 1.51. The van der Waals surface area contributed by atoms with E-state index < -0.39 is 6.10 Å². The first-order valence-electron chi connectivity index (χ1n) is 8.25. The minimum atomic E-state index is -0.649. The summed E-state index contributed by atoms with van der Waals surface area (Å²) in [4.78, 5) is 19.0. The molecule has 0 aromatic carbocycles. The van der Waals surface area contributed by atoms with Gasteiger partial charge >= 0.3 is 0 Å². The van der Waals surface area contributed by atoms with Gasteiger partial charge in [0.25, 0.3) is 5.91 Å². The maximum atomic E-state index is 12.5. The molecule has 2 aromatic heterocycles. The van der Waals surface area contributed by atoms with Crippen molar-refractivity contribution < 1.29 is 19.4 Å². The zero-order valence-electron chi connectivity index (χ0n) is 14.4. The van der Waals surface area contributed by atoms with Gasteiger partial charge in [-0.05, 0) is 13.0 Å². The Labute approximate surface area is 145 Å². The molecule has 0 radical (unpaired) electrons. The molecule has 25 heavy (non-hydrogen) atoms. The van der Waals surface area contributed by atoms with E-state index in [9.17, 15) is 9.90 Å². The first-order valence-corrected chi connectivity index (χ1v) is 8.25. The molecule has 1 amide bonds. The van der Waals surface area contributed by atoms with Crippen molar-refractivity contribution in [2.75, 3.05) is 46.5 Å². The SMILES string of the molecule is COc1ccc2nc(C)c(C(=O)NCC(O)CN3CCOCC3)n2n1. The second-order valence-corrected chi connectivity index (χ2v) is 5.97. The molecule has 136 valence electrons. The number of nitrogens with zero attached hydrogens (tertiary/aromatic N) is 4. The molecule has 1 fully saturated rings. The number of morpholine rings is 1. The fourth-order valence-electron chi connectivity index (χ4n) is 2.84. The van der Waals surface area contributed by atoms with Crippen molar-refractivity contribution in [3.63, 3.8) is 0 Å². The molecule has 3 heterocycles. The van der Waals surface area contributed by atoms with Crippen molar-refractivity contribution in [1.29, 1.82) is 0 Å². The highest BCUT2D eigenvalue weighted by Crippen LogP contribution is 2.14. The van der Waals surface area contributed by atoms with Crippen LogP contribution >= 0.6 is 0 Å². The van der Waals surface area contributed by atoms with E-state index in [4.69, 9.17) is 9.47 Å². The topological polar surface area (TPSA) is 101 Å². The van der Waals surface area contributed by atoms with E-state index in [-0.39, 0.29) is 12.5 Å². The number of fused-ring (bicyclic) bond motifs is 1. The summed E-state index contributed by atoms with van der Waals surface area (Å²) in [5.41, 5.74) is 1.48. The van der Waals surface area contributed by atoms with Crippen molar-refractivity contribution in [1.82, 2.24) is 24.8 Å². The Balaban J connectivity index is 1.64. The normalized spacial score (nSPS) is 16.8. The van der Waals surface area contributed by atoms with Gasteiger partial charge in [-0.15, -0.1) is 5.10 Å². The summed E-state index contributed by atoms with van der Waals surface area (Å²) in [6, 6.07) is 3.43. The van der Waals surface area contributed by atoms with Gasteiger partial charge in [0.15, 0.2) is 11.3 Å². The molecule has 2 N–H and O–H groups in total. The lowest BCUT2D eigenvalue weighted by atomic mass is 10.2. The number of aliphatic hydroxyl groups is 1. The molecule has 2 aromatic rings. The number of carbonyl (C=O) groups is 1. The second kappa shape index (κ2) is 7.77. The largest absolute Gasteiger partial charge is 0.480 e. The standard InChI is InChI=1S/C16H23N5O4/c1-11-15(21-13(18-11)3-4-14(19-21)24-2)16(23)17-9-12(22)10-20-5-7-25-8-6-20/h3-4,12,22H,5-10H2,1-2H3,(H,17,23). The number of β-amino-alcohol motifs (C(OH)–C–C–N with tert-alkyl or cyclic N) is 1. The summed E-state index contributed by atoms with van der Waals surface area (Å²) in [5, 5.41) is 17.2. The van der Waals surface area contributed by atoms with Crippen LogP contribution in [0.25, 0.3) is 5.65 Å². The van der Waals surface area contributed by atoms with Gasteiger partial charge in [0.2, 0.25) is 5.88 Å². The number of carbonyl (C=O) groups excluding carboxylic acids is 1. The molecule has 9 nitrogen and oxygen atoms in total. The molecule has 0 saturated carbocycles. The van der Waals surface area contributed by atoms with Crippen LogP contribution in [0.4, 0.5) is 0 Å². The summed E-state index contributed by atoms with van der Waals surface area (Å²) in [5.74, 6) is 0.0677. The second-order valence-electron chi connectivity index (χ2n) is 5.97. The number of nitrogens with one attached hydrogen (secondary N) is 1. The van der Waals surface area contributed by atoms with E-state index in [0.29, 0.717) is 42.7 Å². The van der Waals surface area contributed by atoms with E-state index in [1.165, 1.54) is 11.6 Å². The first-order chi connectivity index (χ1) is 12.1. The summed E-state index contributed by atoms with van der Waals surface area (Å²) >= 11 is 0. The molecule has 0 aliphatic carbocycles. The van der Waals surface area contributed by atoms with E-state index in [2.05, 4.69) is 20.3 Å². The highest BCUT2D eigenvalue weighted by atomic mass is 16.5. The molecule has 0 bridgehead atoms. The molecular formula is C16H23N5O4. The highest BCUT2D eigenvalue weighted by Gasteiger charge is 2.20. The van der Waals surface area contributed by atoms with Gasteiger partial charge in [-0.25, -0.2) is 9.50 Å². The van der Waals surface area contributed by atoms with Crippen LogP contribution in [0.2, 0.25) is 0 Å². The molecule has 1 saturated heterocycles. The monoisotopic (exact) mass is 349 g/mol. The molecular weight excluding hydrogens is 326 g/mol. The number of aromatic nitrogens is 3. The number of hydrogen-bond acceptors (Lipinski definition) is 7. The Kier molecular flexibility index (Phi) is 5.47. The Morgan fingerprint density at radius 3 is 2.92 bits per heavy atom. The number of aliphatic hydroxyl groups excluding tert-OH is 1. The fraction of sp³-hybridized carbons (Fsp3) is 0.562. The van der Waals surface area contributed by atoms with Gasteiger partial charge in [-0.2, -0.15) is 0 Å². The van der Waals surface area contributed by atoms with Gasteiger partial charge in [-0.1, -0.05) is 0 Å². The maximum absolute atomic E-state index is 12.5. The minimum absolute atomic E-state index is 0.160. The minimum Gasteiger partial charge on any atom is -0.480 e. The number of aryl methyl sites for hydroxylation is 1. The average molecular weight is 349 g/mol. The molecule has 1 aliphatic rings. The van der Waals surface area contributed by atoms with E-state index in [0.717, 1.165) is 13.1 Å². The van der Waals surface area contributed by atoms with Crippen LogP contribution in [-0.2, 0) is 4.74 Å². The van der Waals surface area contributed by atoms with Crippen LogP contribution in [0.3, 0.4) is 0 Å². The zero-order chi connectivity index (χ0) is 17.8. The first kappa shape index (κ1) is 17.6. The van der Waals surface area contributed by atoms with Crippen LogP contribution in [0, 0.1) is 6.92 Å². The lowest BCUT2D eigenvalue weighted by Gasteiger charge is -2.28. The lowest BCUT2D eigenvalue weighted by molar-refractivity contribution is 0.0149. The van der Waals surface area contributed by atoms with Crippen molar-refractivity contribution in [2.24, 2.45) is 0 Å². The smallest absolute Gasteiger partial charge is 0.272 e. The van der Waals surface area contributed by atoms with E-state index in [1.54, 1.807) is 19.1 Å². The molecule has 1 unspecified atom stereocenters. The number of amides is 1. The maximum Gasteiger partial charge on any atom is 0.272 e. The highest BCUT2D eigenvalue weighted by molar-refractivity contribution is 5.94. The average Bonchev–Trinajstić information content (AvgIpc) is 2.95. The fourth-order valence-corrected chi connectivity index (χ4v) is 2.84. The van der Waals surface area contributed by atoms with Crippen molar-refractivity contribution in [2.45, 2.75) is 13.0 Å². The van der Waals surface area contributed by atoms with Gasteiger partial charge in [0, 0.05) is 32.2 Å². The van der Waals surface area contributed by atoms with Gasteiger partial charge in [0.1, 0.15) is 0 Å². The third-order valence-electron chi connectivity index (χ3n) is 4.12. The molecule has 1 atom stereocenters. The number of ether oxygens (including phenoxy) is 2. The van der Waals surface area contributed by atoms with Crippen molar-refractivity contribution in [3.8, 4) is 5.88 Å². The van der Waals surface area contributed by atoms with Crippen LogP contribution in [0.5, 0.6) is 5.88 Å². The van der Waals surface area contributed by atoms with Gasteiger partial charge in [0.05, 0.1) is 32.1 Å². The Hall–Kier alpha value is -2.23. The predicted octanol–water partition coefficient (Wildman–Crippen LogP) is -0.531. The number of rotatable bonds is 6. The van der Waals surface area contributed by atoms with Crippen LogP contribution in [0.1, 0.15) is 16.2 Å². The van der Waals surface area contributed by atoms with Crippen LogP contribution in [0.15, 0.2) is 12.1 Å². The zero-order valence-corrected chi connectivity index (χ0v) is 14.4. The quantitative estimate of drug-likeness (QED) is 0.723. The summed E-state index contributed by atoms with van der Waals surface area (Å²) < 4.78 is 11.8. The summed E-state index contributed by atoms with van der Waals surface area (Å²) in [6.45, 7) is 5.35. The third kappa shape index (κ3) is 4.06. The van der Waals surface area contributed by atoms with E-state index in [1.807, 2.05) is 0 Å². The lowest BCUT2D eigenvalue weighted by Crippen LogP contribution is -2.44. The Morgan fingerprint density at radius 1 is 1.44 bits per heavy atom. The van der Waals surface area contributed by atoms with Crippen LogP contribution in [-0.4, -0.2) is 83.1 Å². The van der Waals surface area contributed by atoms with Gasteiger partial charge in [-0.3, -0.25) is 9.69 Å². The molecule has 0 spiro atoms. The molecule has 1 aliphatic heterocycles. The Bertz CT molecular complexity index is 741. The summed E-state index contributed by atoms with van der Waals surface area (Å²) in [6.07, 6.45) is -0.649. The predicted molar refractivity (Wildman–Crippen MR) is 89.9 cm³/mol. The Morgan fingerprint density at radius 2 is 2.20 bits per heavy atom.